The van der Waals surface area contributed by atoms with Gasteiger partial charge >= 0.3 is 0 Å². The molecule has 0 unspecified atom stereocenters. The first-order valence-electron chi connectivity index (χ1n) is 22.2. The van der Waals surface area contributed by atoms with E-state index in [1.165, 1.54) is 126 Å². The van der Waals surface area contributed by atoms with Crippen molar-refractivity contribution >= 4 is 65.2 Å². The number of hydrogen-bond donors (Lipinski definition) is 0. The van der Waals surface area contributed by atoms with E-state index in [9.17, 15) is 0 Å². The van der Waals surface area contributed by atoms with E-state index < -0.39 is 0 Å². The molecule has 0 atom stereocenters. The van der Waals surface area contributed by atoms with Crippen LogP contribution in [0.1, 0.15) is 0 Å². The van der Waals surface area contributed by atoms with Gasteiger partial charge in [-0.3, -0.25) is 0 Å². The Balaban J connectivity index is 0.866. The topological polar surface area (TPSA) is 9.86 Å². The quantitative estimate of drug-likeness (QED) is 0.164. The van der Waals surface area contributed by atoms with Crippen LogP contribution in [0, 0.1) is 0 Å². The van der Waals surface area contributed by atoms with Crippen molar-refractivity contribution < 1.29 is 0 Å². The zero-order valence-corrected chi connectivity index (χ0v) is 34.8. The van der Waals surface area contributed by atoms with Gasteiger partial charge in [0, 0.05) is 38.3 Å². The SMILES string of the molecule is c1ccc(-n2c3ccccc3c3cc(-c4ccc5c(c4)c4ccc6ccccc6c4n5-c4ccc(-c5cccc(-c6ccc7c(c6)-c6cccc8cccc-7c68)c5)cc4)ccc32)cc1. The molecule has 2 nitrogen and oxygen atoms in total. The summed E-state index contributed by atoms with van der Waals surface area (Å²) in [4.78, 5) is 0. The van der Waals surface area contributed by atoms with Crippen LogP contribution in [0.15, 0.2) is 231 Å². The van der Waals surface area contributed by atoms with Gasteiger partial charge in [0.05, 0.1) is 22.1 Å². The maximum atomic E-state index is 2.47. The average Bonchev–Trinajstić information content (AvgIpc) is 4.00. The first kappa shape index (κ1) is 35.2. The summed E-state index contributed by atoms with van der Waals surface area (Å²) in [6.07, 6.45) is 0. The molecule has 0 N–H and O–H groups in total. The number of fused-ring (bicyclic) bond motifs is 11. The molecule has 11 aromatic carbocycles. The molecule has 0 saturated carbocycles. The molecule has 0 fully saturated rings. The highest BCUT2D eigenvalue weighted by Gasteiger charge is 2.22. The fourth-order valence-electron chi connectivity index (χ4n) is 10.9. The van der Waals surface area contributed by atoms with E-state index in [0.717, 1.165) is 5.69 Å². The van der Waals surface area contributed by atoms with Crippen molar-refractivity contribution in [3.8, 4) is 67.0 Å². The summed E-state index contributed by atoms with van der Waals surface area (Å²) in [6, 6.07) is 85.2. The van der Waals surface area contributed by atoms with Gasteiger partial charge in [0.25, 0.3) is 0 Å². The van der Waals surface area contributed by atoms with Gasteiger partial charge < -0.3 is 9.13 Å². The van der Waals surface area contributed by atoms with Crippen LogP contribution < -0.4 is 0 Å². The van der Waals surface area contributed by atoms with Crippen LogP contribution in [-0.4, -0.2) is 9.13 Å². The summed E-state index contributed by atoms with van der Waals surface area (Å²) in [5, 5.41) is 10.2. The summed E-state index contributed by atoms with van der Waals surface area (Å²) >= 11 is 0. The molecular weight excluding hydrogens is 773 g/mol. The lowest BCUT2D eigenvalue weighted by atomic mass is 9.95. The van der Waals surface area contributed by atoms with Crippen LogP contribution in [0.2, 0.25) is 0 Å². The first-order valence-corrected chi connectivity index (χ1v) is 22.2. The van der Waals surface area contributed by atoms with E-state index in [-0.39, 0.29) is 0 Å². The standard InChI is InChI=1S/C62H38N2/c1-2-16-47(17-3-1)63-58-22-7-6-19-51(58)56-37-45(27-33-59(56)63)46-28-34-60-57(38-46)54-32-25-40-11-4-5-18-49(40)62(54)64(60)48-29-23-39(24-30-48)42-14-8-15-43(35-42)44-26-31-50-52-20-9-12-41-13-10-21-53(61(41)52)55(50)36-44/h1-38H. The van der Waals surface area contributed by atoms with E-state index in [0.29, 0.717) is 0 Å². The minimum absolute atomic E-state index is 1.14. The summed E-state index contributed by atoms with van der Waals surface area (Å²) in [7, 11) is 0. The lowest BCUT2D eigenvalue weighted by Gasteiger charge is -2.12. The Labute approximate surface area is 370 Å². The van der Waals surface area contributed by atoms with E-state index in [2.05, 4.69) is 240 Å². The van der Waals surface area contributed by atoms with Crippen LogP contribution in [0.25, 0.3) is 132 Å². The molecule has 1 aliphatic carbocycles. The second-order valence-electron chi connectivity index (χ2n) is 17.3. The highest BCUT2D eigenvalue weighted by atomic mass is 15.0. The molecule has 14 rings (SSSR count). The van der Waals surface area contributed by atoms with Crippen LogP contribution in [0.4, 0.5) is 0 Å². The van der Waals surface area contributed by atoms with Crippen molar-refractivity contribution in [2.75, 3.05) is 0 Å². The minimum atomic E-state index is 1.14. The molecule has 2 aromatic heterocycles. The lowest BCUT2D eigenvalue weighted by molar-refractivity contribution is 1.18. The third-order valence-electron chi connectivity index (χ3n) is 13.8. The van der Waals surface area contributed by atoms with Crippen molar-refractivity contribution in [2.24, 2.45) is 0 Å². The predicted octanol–water partition coefficient (Wildman–Crippen LogP) is 16.8. The largest absolute Gasteiger partial charge is 0.309 e. The van der Waals surface area contributed by atoms with Gasteiger partial charge in [0.15, 0.2) is 0 Å². The zero-order valence-electron chi connectivity index (χ0n) is 34.8. The molecule has 1 aliphatic rings. The number of aromatic nitrogens is 2. The van der Waals surface area contributed by atoms with E-state index in [4.69, 9.17) is 0 Å². The average molecular weight is 811 g/mol. The molecule has 13 aromatic rings. The Morgan fingerprint density at radius 3 is 1.58 bits per heavy atom. The van der Waals surface area contributed by atoms with Gasteiger partial charge in [0.2, 0.25) is 0 Å². The molecule has 64 heavy (non-hydrogen) atoms. The molecule has 0 bridgehead atoms. The predicted molar refractivity (Wildman–Crippen MR) is 271 cm³/mol. The highest BCUT2D eigenvalue weighted by molar-refractivity contribution is 6.20. The summed E-state index contributed by atoms with van der Waals surface area (Å²) < 4.78 is 4.85. The lowest BCUT2D eigenvalue weighted by Crippen LogP contribution is -1.95. The highest BCUT2D eigenvalue weighted by Crippen LogP contribution is 2.48. The second-order valence-corrected chi connectivity index (χ2v) is 17.3. The molecule has 0 radical (unpaired) electrons. The molecule has 0 spiro atoms. The van der Waals surface area contributed by atoms with Crippen molar-refractivity contribution in [1.82, 2.24) is 9.13 Å². The van der Waals surface area contributed by atoms with Crippen molar-refractivity contribution in [3.63, 3.8) is 0 Å². The van der Waals surface area contributed by atoms with Gasteiger partial charge in [-0.2, -0.15) is 0 Å². The Hall–Kier alpha value is -8.46. The van der Waals surface area contributed by atoms with Gasteiger partial charge in [-0.25, -0.2) is 0 Å². The van der Waals surface area contributed by atoms with Gasteiger partial charge in [-0.1, -0.05) is 164 Å². The van der Waals surface area contributed by atoms with E-state index >= 15 is 0 Å². The molecular formula is C62H38N2. The van der Waals surface area contributed by atoms with Crippen molar-refractivity contribution in [1.29, 1.82) is 0 Å². The molecule has 296 valence electrons. The number of hydrogen-bond acceptors (Lipinski definition) is 0. The van der Waals surface area contributed by atoms with Crippen LogP contribution in [-0.2, 0) is 0 Å². The van der Waals surface area contributed by atoms with Crippen LogP contribution >= 0.6 is 0 Å². The third-order valence-corrected chi connectivity index (χ3v) is 13.8. The molecule has 2 heterocycles. The van der Waals surface area contributed by atoms with Gasteiger partial charge in [0.1, 0.15) is 0 Å². The third kappa shape index (κ3) is 5.14. The molecule has 0 amide bonds. The summed E-state index contributed by atoms with van der Waals surface area (Å²) in [5.41, 5.74) is 19.7. The number of rotatable bonds is 5. The molecule has 0 aliphatic heterocycles. The number of benzene rings is 11. The van der Waals surface area contributed by atoms with E-state index in [1.54, 1.807) is 0 Å². The normalized spacial score (nSPS) is 12.1. The number of nitrogens with zero attached hydrogens (tertiary/aromatic N) is 2. The molecule has 2 heteroatoms. The monoisotopic (exact) mass is 810 g/mol. The summed E-state index contributed by atoms with van der Waals surface area (Å²) in [5.74, 6) is 0. The first-order chi connectivity index (χ1) is 31.7. The Bertz CT molecular complexity index is 4050. The Morgan fingerprint density at radius 1 is 0.234 bits per heavy atom. The molecule has 0 saturated heterocycles. The van der Waals surface area contributed by atoms with Gasteiger partial charge in [-0.05, 0) is 139 Å². The maximum absolute atomic E-state index is 2.47. The zero-order chi connectivity index (χ0) is 41.9. The van der Waals surface area contributed by atoms with Crippen molar-refractivity contribution in [2.45, 2.75) is 0 Å². The van der Waals surface area contributed by atoms with Crippen LogP contribution in [0.3, 0.4) is 0 Å². The fourth-order valence-corrected chi connectivity index (χ4v) is 10.9. The fraction of sp³-hybridized carbons (Fsp3) is 0. The minimum Gasteiger partial charge on any atom is -0.309 e. The Morgan fingerprint density at radius 2 is 0.781 bits per heavy atom. The van der Waals surface area contributed by atoms with E-state index in [1.807, 2.05) is 0 Å². The maximum Gasteiger partial charge on any atom is 0.0619 e. The Kier molecular flexibility index (Phi) is 7.43. The number of para-hydroxylation sites is 2. The second kappa shape index (κ2) is 13.5. The summed E-state index contributed by atoms with van der Waals surface area (Å²) in [6.45, 7) is 0. The van der Waals surface area contributed by atoms with Gasteiger partial charge in [-0.15, -0.1) is 0 Å². The van der Waals surface area contributed by atoms with Crippen LogP contribution in [0.5, 0.6) is 0 Å². The smallest absolute Gasteiger partial charge is 0.0619 e. The van der Waals surface area contributed by atoms with Crippen molar-refractivity contribution in [3.05, 3.63) is 231 Å².